The molecule has 0 saturated carbocycles. The smallest absolute Gasteiger partial charge is 0.388 e. The summed E-state index contributed by atoms with van der Waals surface area (Å²) in [6.45, 7) is 0. The molecule has 0 aromatic heterocycles. The molecule has 0 unspecified atom stereocenters. The normalized spacial score (nSPS) is 10.2. The Balaban J connectivity index is 0. The third kappa shape index (κ3) is 6.97. The van der Waals surface area contributed by atoms with E-state index >= 15 is 0 Å². The van der Waals surface area contributed by atoms with Crippen LogP contribution in [0.3, 0.4) is 0 Å². The first-order chi connectivity index (χ1) is 4.20. The Bertz CT molecular complexity index is 66.7. The van der Waals surface area contributed by atoms with Gasteiger partial charge in [-0.2, -0.15) is 0 Å². The summed E-state index contributed by atoms with van der Waals surface area (Å²) in [4.78, 5) is 17.2. The summed E-state index contributed by atoms with van der Waals surface area (Å²) in [6.07, 6.45) is 0. The number of rotatable bonds is 4. The van der Waals surface area contributed by atoms with Crippen LogP contribution in [0.1, 0.15) is 0 Å². The summed E-state index contributed by atoms with van der Waals surface area (Å²) in [5, 5.41) is 0. The molecule has 5 nitrogen and oxygen atoms in total. The van der Waals surface area contributed by atoms with Crippen LogP contribution in [0.5, 0.6) is 0 Å². The molecule has 8 heteroatoms. The minimum atomic E-state index is -2.27. The largest absolute Gasteiger partial charge is 0.566 e. The quantitative estimate of drug-likeness (QED) is 0.564. The fourth-order valence-electron chi connectivity index (χ4n) is 0.158. The van der Waals surface area contributed by atoms with Gasteiger partial charge >= 0.3 is 19.1 Å². The van der Waals surface area contributed by atoms with Gasteiger partial charge in [-0.05, 0) is 0 Å². The van der Waals surface area contributed by atoms with Gasteiger partial charge in [0, 0.05) is 33.7 Å². The number of hydrogen-bond acceptors (Lipinski definition) is 5. The third-order valence-corrected chi connectivity index (χ3v) is 2.62. The second-order valence-electron chi connectivity index (χ2n) is 1.04. The van der Waals surface area contributed by atoms with Crippen molar-refractivity contribution in [1.82, 2.24) is 0 Å². The minimum absolute atomic E-state index is 0. The van der Waals surface area contributed by atoms with Gasteiger partial charge in [0.1, 0.15) is 0 Å². The molecule has 2 radical (unpaired) electrons. The molecule has 0 aromatic rings. The molecule has 0 atom stereocenters. The summed E-state index contributed by atoms with van der Waals surface area (Å²) in [5.41, 5.74) is 0. The van der Waals surface area contributed by atoms with Gasteiger partial charge in [-0.1, -0.05) is 0 Å². The fraction of sp³-hybridized carbons (Fsp3) is 1.00. The van der Waals surface area contributed by atoms with Crippen LogP contribution in [0.15, 0.2) is 0 Å². The predicted molar refractivity (Wildman–Crippen MR) is 31.0 cm³/mol. The van der Waals surface area contributed by atoms with E-state index in [2.05, 4.69) is 13.0 Å². The third-order valence-electron chi connectivity index (χ3n) is 0.524. The topological polar surface area (TPSA) is 68.2 Å². The minimum Gasteiger partial charge on any atom is -0.388 e. The van der Waals surface area contributed by atoms with Crippen LogP contribution < -0.4 is 0 Å². The van der Waals surface area contributed by atoms with Crippen LogP contribution in [-0.4, -0.2) is 42.9 Å². The summed E-state index contributed by atoms with van der Waals surface area (Å²) in [5.74, 6) is 0. The van der Waals surface area contributed by atoms with Crippen LogP contribution in [0.4, 0.5) is 0 Å². The van der Waals surface area contributed by atoms with E-state index in [1.807, 2.05) is 0 Å². The molecular weight excluding hydrogens is 226 g/mol. The molecule has 0 spiro atoms. The molecule has 0 saturated heterocycles. The zero-order valence-electron chi connectivity index (χ0n) is 5.83. The van der Waals surface area contributed by atoms with E-state index in [1.165, 1.54) is 14.2 Å². The van der Waals surface area contributed by atoms with Gasteiger partial charge in [-0.3, -0.25) is 0 Å². The second-order valence-corrected chi connectivity index (χ2v) is 3.74. The molecule has 0 aliphatic carbocycles. The Morgan fingerprint density at radius 2 is 1.30 bits per heavy atom. The van der Waals surface area contributed by atoms with E-state index in [0.717, 1.165) is 0 Å². The Morgan fingerprint density at radius 3 is 1.50 bits per heavy atom. The molecule has 56 valence electrons. The van der Waals surface area contributed by atoms with Crippen LogP contribution in [0.25, 0.3) is 0 Å². The summed E-state index contributed by atoms with van der Waals surface area (Å²) in [7, 11) is -1.96. The number of hydrogen-bond donors (Lipinski definition) is 2. The SMILES string of the molecule is CO[Si](O)O[Si](O)OC.[Zn]. The first-order valence-corrected chi connectivity index (χ1v) is 4.61. The molecule has 0 heterocycles. The van der Waals surface area contributed by atoms with Crippen molar-refractivity contribution in [2.75, 3.05) is 14.2 Å². The average Bonchev–Trinajstić information content (AvgIpc) is 1.87. The van der Waals surface area contributed by atoms with E-state index in [4.69, 9.17) is 9.59 Å². The van der Waals surface area contributed by atoms with Crippen molar-refractivity contribution in [3.8, 4) is 0 Å². The van der Waals surface area contributed by atoms with E-state index in [1.54, 1.807) is 0 Å². The molecule has 0 aliphatic heterocycles. The van der Waals surface area contributed by atoms with Gasteiger partial charge in [0.05, 0.1) is 0 Å². The monoisotopic (exact) mass is 232 g/mol. The van der Waals surface area contributed by atoms with Crippen molar-refractivity contribution in [3.05, 3.63) is 0 Å². The Labute approximate surface area is 75.6 Å². The van der Waals surface area contributed by atoms with Crippen molar-refractivity contribution in [3.63, 3.8) is 0 Å². The predicted octanol–water partition coefficient (Wildman–Crippen LogP) is -1.75. The first kappa shape index (κ1) is 13.4. The maximum Gasteiger partial charge on any atom is 0.566 e. The molecule has 0 aliphatic rings. The van der Waals surface area contributed by atoms with Crippen molar-refractivity contribution in [2.24, 2.45) is 0 Å². The van der Waals surface area contributed by atoms with E-state index < -0.39 is 19.1 Å². The molecule has 0 bridgehead atoms. The molecule has 0 amide bonds. The molecule has 10 heavy (non-hydrogen) atoms. The van der Waals surface area contributed by atoms with E-state index in [9.17, 15) is 0 Å². The first-order valence-electron chi connectivity index (χ1n) is 2.08. The molecular formula is C2H8O5Si2Zn. The van der Waals surface area contributed by atoms with E-state index in [0.29, 0.717) is 0 Å². The summed E-state index contributed by atoms with van der Waals surface area (Å²) in [6, 6.07) is 0. The van der Waals surface area contributed by atoms with Crippen molar-refractivity contribution < 1.29 is 42.0 Å². The second kappa shape index (κ2) is 7.96. The van der Waals surface area contributed by atoms with Crippen LogP contribution in [0, 0.1) is 0 Å². The zero-order chi connectivity index (χ0) is 7.28. The van der Waals surface area contributed by atoms with Gasteiger partial charge in [-0.25, -0.2) is 0 Å². The molecule has 0 fully saturated rings. The van der Waals surface area contributed by atoms with Gasteiger partial charge in [-0.15, -0.1) is 0 Å². The molecule has 2 N–H and O–H groups in total. The summed E-state index contributed by atoms with van der Waals surface area (Å²) < 4.78 is 13.1. The van der Waals surface area contributed by atoms with Crippen molar-refractivity contribution in [1.29, 1.82) is 0 Å². The maximum absolute atomic E-state index is 8.60. The molecule has 0 rings (SSSR count). The van der Waals surface area contributed by atoms with Crippen LogP contribution in [-0.2, 0) is 32.4 Å². The maximum atomic E-state index is 8.60. The van der Waals surface area contributed by atoms with Gasteiger partial charge in [0.2, 0.25) is 0 Å². The van der Waals surface area contributed by atoms with Gasteiger partial charge in [0.25, 0.3) is 0 Å². The molecule has 0 aromatic carbocycles. The van der Waals surface area contributed by atoms with Crippen LogP contribution in [0.2, 0.25) is 0 Å². The average molecular weight is 234 g/mol. The van der Waals surface area contributed by atoms with Crippen molar-refractivity contribution in [2.45, 2.75) is 0 Å². The van der Waals surface area contributed by atoms with Gasteiger partial charge in [0.15, 0.2) is 0 Å². The van der Waals surface area contributed by atoms with E-state index in [-0.39, 0.29) is 19.5 Å². The zero-order valence-corrected chi connectivity index (χ0v) is 10.8. The van der Waals surface area contributed by atoms with Gasteiger partial charge < -0.3 is 22.6 Å². The fourth-order valence-corrected chi connectivity index (χ4v) is 1.42. The Hall–Kier alpha value is 0.857. The Morgan fingerprint density at radius 1 is 1.00 bits per heavy atom. The van der Waals surface area contributed by atoms with Crippen molar-refractivity contribution >= 4 is 19.1 Å². The standard InChI is InChI=1S/C2H8O5Si2.Zn/c1-5-8(3)7-9(4)6-2;/h3-4H,1-2H3;. The van der Waals surface area contributed by atoms with Crippen LogP contribution >= 0.6 is 0 Å². The Kier molecular flexibility index (Phi) is 10.7. The summed E-state index contributed by atoms with van der Waals surface area (Å²) >= 11 is 0.